The first-order chi connectivity index (χ1) is 11.7. The lowest BCUT2D eigenvalue weighted by atomic mass is 10.1. The Hall–Kier alpha value is -1.30. The minimum absolute atomic E-state index is 0.774. The number of benzene rings is 1. The highest BCUT2D eigenvalue weighted by Gasteiger charge is 2.00. The number of guanidine groups is 1. The summed E-state index contributed by atoms with van der Waals surface area (Å²) >= 11 is 5.90. The van der Waals surface area contributed by atoms with Gasteiger partial charge in [-0.05, 0) is 44.5 Å². The van der Waals surface area contributed by atoms with Crippen LogP contribution < -0.4 is 10.6 Å². The standard InChI is InChI=1S/C18H31ClN4O/c1-4-20-18(22-12-14-23(2)13-5-15-24-3)21-11-10-16-6-8-17(19)9-7-16/h6-9H,4-5,10-15H2,1-3H3,(H2,20,21,22). The number of hydrogen-bond donors (Lipinski definition) is 2. The van der Waals surface area contributed by atoms with Gasteiger partial charge < -0.3 is 20.3 Å². The zero-order chi connectivity index (χ0) is 17.6. The van der Waals surface area contributed by atoms with Crippen molar-refractivity contribution in [3.8, 4) is 0 Å². The second-order valence-electron chi connectivity index (χ2n) is 5.71. The number of rotatable bonds is 11. The average molecular weight is 355 g/mol. The molecule has 0 saturated heterocycles. The van der Waals surface area contributed by atoms with E-state index in [1.54, 1.807) is 7.11 Å². The van der Waals surface area contributed by atoms with Gasteiger partial charge in [0.2, 0.25) is 0 Å². The van der Waals surface area contributed by atoms with Gasteiger partial charge in [-0.1, -0.05) is 23.7 Å². The Balaban J connectivity index is 2.29. The van der Waals surface area contributed by atoms with Gasteiger partial charge in [0.05, 0.1) is 6.54 Å². The van der Waals surface area contributed by atoms with Gasteiger partial charge in [-0.3, -0.25) is 4.99 Å². The van der Waals surface area contributed by atoms with E-state index in [9.17, 15) is 0 Å². The van der Waals surface area contributed by atoms with E-state index >= 15 is 0 Å². The van der Waals surface area contributed by atoms with Gasteiger partial charge in [0.25, 0.3) is 0 Å². The van der Waals surface area contributed by atoms with E-state index in [-0.39, 0.29) is 0 Å². The first-order valence-corrected chi connectivity index (χ1v) is 8.97. The van der Waals surface area contributed by atoms with Gasteiger partial charge in [0, 0.05) is 44.9 Å². The Bertz CT molecular complexity index is 465. The smallest absolute Gasteiger partial charge is 0.191 e. The van der Waals surface area contributed by atoms with Gasteiger partial charge in [-0.25, -0.2) is 0 Å². The molecule has 24 heavy (non-hydrogen) atoms. The quantitative estimate of drug-likeness (QED) is 0.364. The van der Waals surface area contributed by atoms with E-state index in [1.807, 2.05) is 12.1 Å². The summed E-state index contributed by atoms with van der Waals surface area (Å²) in [7, 11) is 3.86. The summed E-state index contributed by atoms with van der Waals surface area (Å²) in [5.74, 6) is 0.872. The lowest BCUT2D eigenvalue weighted by Gasteiger charge is -2.16. The van der Waals surface area contributed by atoms with Crippen LogP contribution in [0.4, 0.5) is 0 Å². The summed E-state index contributed by atoms with van der Waals surface area (Å²) in [5, 5.41) is 7.43. The number of halogens is 1. The summed E-state index contributed by atoms with van der Waals surface area (Å²) < 4.78 is 5.07. The van der Waals surface area contributed by atoms with Gasteiger partial charge in [0.1, 0.15) is 0 Å². The van der Waals surface area contributed by atoms with Gasteiger partial charge in [-0.15, -0.1) is 0 Å². The van der Waals surface area contributed by atoms with Crippen LogP contribution in [0.25, 0.3) is 0 Å². The average Bonchev–Trinajstić information content (AvgIpc) is 2.57. The molecule has 0 radical (unpaired) electrons. The normalized spacial score (nSPS) is 11.8. The van der Waals surface area contributed by atoms with Crippen LogP contribution in [0.15, 0.2) is 29.3 Å². The molecule has 0 aliphatic carbocycles. The predicted octanol–water partition coefficient (Wildman–Crippen LogP) is 2.41. The minimum atomic E-state index is 0.774. The second kappa shape index (κ2) is 13.0. The molecule has 2 N–H and O–H groups in total. The number of likely N-dealkylation sites (N-methyl/N-ethyl adjacent to an activating group) is 1. The molecule has 136 valence electrons. The Morgan fingerprint density at radius 3 is 2.62 bits per heavy atom. The molecule has 0 bridgehead atoms. The van der Waals surface area contributed by atoms with Crippen molar-refractivity contribution in [2.75, 3.05) is 53.5 Å². The summed E-state index contributed by atoms with van der Waals surface area (Å²) in [5.41, 5.74) is 1.26. The molecule has 1 aromatic rings. The lowest BCUT2D eigenvalue weighted by Crippen LogP contribution is -2.39. The fourth-order valence-electron chi connectivity index (χ4n) is 2.24. The molecule has 0 amide bonds. The molecule has 0 fully saturated rings. The van der Waals surface area contributed by atoms with Crippen molar-refractivity contribution >= 4 is 17.6 Å². The number of nitrogens with zero attached hydrogens (tertiary/aromatic N) is 2. The van der Waals surface area contributed by atoms with Crippen molar-refractivity contribution in [2.24, 2.45) is 4.99 Å². The van der Waals surface area contributed by atoms with E-state index in [1.165, 1.54) is 5.56 Å². The number of aliphatic imine (C=N–C) groups is 1. The van der Waals surface area contributed by atoms with Crippen LogP contribution in [-0.4, -0.2) is 64.3 Å². The molecule has 1 rings (SSSR count). The summed E-state index contributed by atoms with van der Waals surface area (Å²) in [6.45, 7) is 7.34. The Morgan fingerprint density at radius 2 is 1.96 bits per heavy atom. The van der Waals surface area contributed by atoms with Crippen molar-refractivity contribution in [1.29, 1.82) is 0 Å². The van der Waals surface area contributed by atoms with Crippen LogP contribution in [0.5, 0.6) is 0 Å². The SMILES string of the molecule is CCNC(=NCCN(C)CCCOC)NCCc1ccc(Cl)cc1. The first kappa shape index (κ1) is 20.7. The first-order valence-electron chi connectivity index (χ1n) is 8.59. The van der Waals surface area contributed by atoms with Crippen molar-refractivity contribution in [2.45, 2.75) is 19.8 Å². The molecule has 6 heteroatoms. The van der Waals surface area contributed by atoms with Crippen LogP contribution >= 0.6 is 11.6 Å². The number of methoxy groups -OCH3 is 1. The Kier molecular flexibility index (Phi) is 11.3. The van der Waals surface area contributed by atoms with E-state index in [0.717, 1.165) is 63.2 Å². The number of ether oxygens (including phenoxy) is 1. The molecule has 0 aromatic heterocycles. The summed E-state index contributed by atoms with van der Waals surface area (Å²) in [6, 6.07) is 7.97. The second-order valence-corrected chi connectivity index (χ2v) is 6.15. The van der Waals surface area contributed by atoms with Crippen molar-refractivity contribution in [1.82, 2.24) is 15.5 Å². The number of hydrogen-bond acceptors (Lipinski definition) is 3. The highest BCUT2D eigenvalue weighted by molar-refractivity contribution is 6.30. The van der Waals surface area contributed by atoms with Crippen LogP contribution in [-0.2, 0) is 11.2 Å². The molecule has 1 aromatic carbocycles. The van der Waals surface area contributed by atoms with Gasteiger partial charge in [0.15, 0.2) is 5.96 Å². The largest absolute Gasteiger partial charge is 0.385 e. The molecule has 0 atom stereocenters. The van der Waals surface area contributed by atoms with E-state index in [2.05, 4.69) is 46.6 Å². The molecule has 0 spiro atoms. The fraction of sp³-hybridized carbons (Fsp3) is 0.611. The maximum Gasteiger partial charge on any atom is 0.191 e. The van der Waals surface area contributed by atoms with Gasteiger partial charge >= 0.3 is 0 Å². The number of nitrogens with one attached hydrogen (secondary N) is 2. The van der Waals surface area contributed by atoms with E-state index in [4.69, 9.17) is 16.3 Å². The molecular weight excluding hydrogens is 324 g/mol. The molecule has 0 aliphatic heterocycles. The molecule has 0 unspecified atom stereocenters. The van der Waals surface area contributed by atoms with Crippen LogP contribution in [0, 0.1) is 0 Å². The lowest BCUT2D eigenvalue weighted by molar-refractivity contribution is 0.180. The summed E-state index contributed by atoms with van der Waals surface area (Å²) in [6.07, 6.45) is 1.99. The van der Waals surface area contributed by atoms with Gasteiger partial charge in [-0.2, -0.15) is 0 Å². The third kappa shape index (κ3) is 9.75. The van der Waals surface area contributed by atoms with Crippen LogP contribution in [0.2, 0.25) is 5.02 Å². The fourth-order valence-corrected chi connectivity index (χ4v) is 2.37. The Labute approximate surface area is 151 Å². The zero-order valence-electron chi connectivity index (χ0n) is 15.1. The maximum atomic E-state index is 5.90. The van der Waals surface area contributed by atoms with Crippen molar-refractivity contribution in [3.63, 3.8) is 0 Å². The van der Waals surface area contributed by atoms with Crippen LogP contribution in [0.1, 0.15) is 18.9 Å². The molecule has 0 aliphatic rings. The van der Waals surface area contributed by atoms with E-state index < -0.39 is 0 Å². The third-order valence-corrected chi connectivity index (χ3v) is 3.86. The van der Waals surface area contributed by atoms with Crippen molar-refractivity contribution < 1.29 is 4.74 Å². The third-order valence-electron chi connectivity index (χ3n) is 3.60. The topological polar surface area (TPSA) is 48.9 Å². The monoisotopic (exact) mass is 354 g/mol. The molecular formula is C18H31ClN4O. The maximum absolute atomic E-state index is 5.90. The molecule has 0 heterocycles. The molecule has 5 nitrogen and oxygen atoms in total. The van der Waals surface area contributed by atoms with Crippen molar-refractivity contribution in [3.05, 3.63) is 34.9 Å². The Morgan fingerprint density at radius 1 is 1.21 bits per heavy atom. The summed E-state index contributed by atoms with van der Waals surface area (Å²) in [4.78, 5) is 6.90. The highest BCUT2D eigenvalue weighted by atomic mass is 35.5. The zero-order valence-corrected chi connectivity index (χ0v) is 15.9. The minimum Gasteiger partial charge on any atom is -0.385 e. The predicted molar refractivity (Wildman–Crippen MR) is 103 cm³/mol. The molecule has 0 saturated carbocycles. The van der Waals surface area contributed by atoms with Crippen LogP contribution in [0.3, 0.4) is 0 Å². The van der Waals surface area contributed by atoms with E-state index in [0.29, 0.717) is 0 Å². The highest BCUT2D eigenvalue weighted by Crippen LogP contribution is 2.09.